The second-order valence-corrected chi connectivity index (χ2v) is 6.96. The number of benzene rings is 1. The van der Waals surface area contributed by atoms with Crippen LogP contribution in [0.1, 0.15) is 44.8 Å². The Morgan fingerprint density at radius 1 is 1.34 bits per heavy atom. The molecule has 1 aliphatic heterocycles. The minimum atomic E-state index is -0.440. The van der Waals surface area contributed by atoms with Gasteiger partial charge in [-0.15, -0.1) is 0 Å². The number of hydrogen-bond acceptors (Lipinski definition) is 5. The zero-order valence-electron chi connectivity index (χ0n) is 16.2. The summed E-state index contributed by atoms with van der Waals surface area (Å²) in [4.78, 5) is 14.4. The minimum absolute atomic E-state index is 0. The molecule has 2 rings (SSSR count). The standard InChI is InChI=1S/C19H29FN2O4.CH4.2H2S/c1-26-18(15-4-6-17(20)7-5-15)11-16(19(24)21-25)8-10-22-9-2-3-14(12-22)13-23;;;/h4-7,14,16,18,23,25H,2-3,8-13H2,1H3,(H,21,24);1H4;2*1H2/t14-,16-,18+;;;/m0.../s1. The molecular weight excluding hydrogens is 415 g/mol. The number of nitrogens with zero attached hydrogens (tertiary/aromatic N) is 1. The highest BCUT2D eigenvalue weighted by Gasteiger charge is 2.26. The van der Waals surface area contributed by atoms with Gasteiger partial charge in [0.1, 0.15) is 5.82 Å². The summed E-state index contributed by atoms with van der Waals surface area (Å²) in [5.41, 5.74) is 2.54. The van der Waals surface area contributed by atoms with Gasteiger partial charge in [-0.1, -0.05) is 19.6 Å². The number of halogens is 1. The van der Waals surface area contributed by atoms with Gasteiger partial charge < -0.3 is 14.7 Å². The summed E-state index contributed by atoms with van der Waals surface area (Å²) >= 11 is 0. The lowest BCUT2D eigenvalue weighted by Gasteiger charge is -2.32. The Kier molecular flexibility index (Phi) is 16.7. The number of aliphatic hydroxyl groups excluding tert-OH is 1. The Balaban J connectivity index is 0. The van der Waals surface area contributed by atoms with Gasteiger partial charge in [-0.3, -0.25) is 10.0 Å². The number of ether oxygens (including phenoxy) is 1. The van der Waals surface area contributed by atoms with Crippen molar-refractivity contribution in [1.82, 2.24) is 10.4 Å². The topological polar surface area (TPSA) is 82.0 Å². The average Bonchev–Trinajstić information content (AvgIpc) is 2.68. The number of rotatable bonds is 9. The van der Waals surface area contributed by atoms with Crippen LogP contribution in [0.5, 0.6) is 0 Å². The molecule has 1 heterocycles. The number of nitrogens with one attached hydrogen (secondary N) is 1. The third kappa shape index (κ3) is 9.67. The van der Waals surface area contributed by atoms with E-state index in [-0.39, 0.29) is 52.9 Å². The number of carbonyl (C=O) groups excluding carboxylic acids is 1. The fraction of sp³-hybridized carbons (Fsp3) is 0.650. The molecule has 0 aliphatic carbocycles. The molecule has 170 valence electrons. The highest BCUT2D eigenvalue weighted by molar-refractivity contribution is 7.59. The predicted octanol–water partition coefficient (Wildman–Crippen LogP) is 2.98. The first kappa shape index (κ1) is 30.4. The van der Waals surface area contributed by atoms with Crippen LogP contribution in [-0.4, -0.2) is 54.5 Å². The molecule has 0 aromatic heterocycles. The monoisotopic (exact) mass is 452 g/mol. The van der Waals surface area contributed by atoms with E-state index < -0.39 is 11.8 Å². The number of carbonyl (C=O) groups is 1. The lowest BCUT2D eigenvalue weighted by Crippen LogP contribution is -2.39. The van der Waals surface area contributed by atoms with E-state index in [0.717, 1.165) is 31.5 Å². The molecule has 0 spiro atoms. The zero-order valence-corrected chi connectivity index (χ0v) is 18.2. The molecular formula is C20H37FN2O4S2. The summed E-state index contributed by atoms with van der Waals surface area (Å²) in [6.07, 6.45) is 2.68. The van der Waals surface area contributed by atoms with Crippen LogP contribution in [0.2, 0.25) is 0 Å². The summed E-state index contributed by atoms with van der Waals surface area (Å²) in [6, 6.07) is 6.03. The number of amides is 1. The fourth-order valence-electron chi connectivity index (χ4n) is 3.59. The van der Waals surface area contributed by atoms with E-state index in [0.29, 0.717) is 25.3 Å². The molecule has 1 fully saturated rings. The first-order valence-corrected chi connectivity index (χ1v) is 9.12. The summed E-state index contributed by atoms with van der Waals surface area (Å²) in [5, 5.41) is 18.4. The molecule has 1 aromatic carbocycles. The van der Waals surface area contributed by atoms with Crippen LogP contribution < -0.4 is 5.48 Å². The fourth-order valence-corrected chi connectivity index (χ4v) is 3.59. The Bertz CT molecular complexity index is 566. The third-order valence-corrected chi connectivity index (χ3v) is 5.16. The summed E-state index contributed by atoms with van der Waals surface area (Å²) in [7, 11) is 1.55. The molecule has 3 atom stereocenters. The average molecular weight is 453 g/mol. The van der Waals surface area contributed by atoms with E-state index in [1.54, 1.807) is 24.7 Å². The number of methoxy groups -OCH3 is 1. The van der Waals surface area contributed by atoms with Gasteiger partial charge in [0.05, 0.1) is 6.10 Å². The van der Waals surface area contributed by atoms with Gasteiger partial charge in [0, 0.05) is 26.2 Å². The molecule has 0 bridgehead atoms. The highest BCUT2D eigenvalue weighted by atomic mass is 32.1. The van der Waals surface area contributed by atoms with Gasteiger partial charge in [-0.25, -0.2) is 9.87 Å². The number of hydrogen-bond donors (Lipinski definition) is 3. The van der Waals surface area contributed by atoms with E-state index >= 15 is 0 Å². The van der Waals surface area contributed by atoms with Crippen molar-refractivity contribution < 1.29 is 24.2 Å². The van der Waals surface area contributed by atoms with Gasteiger partial charge in [0.25, 0.3) is 0 Å². The molecule has 29 heavy (non-hydrogen) atoms. The summed E-state index contributed by atoms with van der Waals surface area (Å²) in [6.45, 7) is 2.69. The maximum atomic E-state index is 13.1. The number of aliphatic hydroxyl groups is 1. The zero-order chi connectivity index (χ0) is 18.9. The van der Waals surface area contributed by atoms with Crippen LogP contribution in [0.15, 0.2) is 24.3 Å². The van der Waals surface area contributed by atoms with Crippen LogP contribution in [0.3, 0.4) is 0 Å². The Hall–Kier alpha value is -0.840. The molecule has 1 saturated heterocycles. The number of likely N-dealkylation sites (tertiary alicyclic amines) is 1. The van der Waals surface area contributed by atoms with Gasteiger partial charge in [-0.05, 0) is 62.4 Å². The SMILES string of the molecule is C.CO[C@H](C[C@H](CCN1CCC[C@H](CO)C1)C(=O)NO)c1ccc(F)cc1.S.S. The predicted molar refractivity (Wildman–Crippen MR) is 123 cm³/mol. The molecule has 0 unspecified atom stereocenters. The summed E-state index contributed by atoms with van der Waals surface area (Å²) < 4.78 is 18.6. The minimum Gasteiger partial charge on any atom is -0.396 e. The second-order valence-electron chi connectivity index (χ2n) is 6.96. The van der Waals surface area contributed by atoms with E-state index in [1.165, 1.54) is 12.1 Å². The molecule has 9 heteroatoms. The molecule has 1 aromatic rings. The van der Waals surface area contributed by atoms with E-state index in [9.17, 15) is 14.3 Å². The van der Waals surface area contributed by atoms with Crippen molar-refractivity contribution in [3.63, 3.8) is 0 Å². The maximum Gasteiger partial charge on any atom is 0.246 e. The van der Waals surface area contributed by atoms with Crippen molar-refractivity contribution in [2.24, 2.45) is 11.8 Å². The third-order valence-electron chi connectivity index (χ3n) is 5.16. The quantitative estimate of drug-likeness (QED) is 0.396. The van der Waals surface area contributed by atoms with Crippen molar-refractivity contribution in [1.29, 1.82) is 0 Å². The Labute approximate surface area is 187 Å². The molecule has 3 N–H and O–H groups in total. The van der Waals surface area contributed by atoms with E-state index in [4.69, 9.17) is 9.94 Å². The van der Waals surface area contributed by atoms with Crippen molar-refractivity contribution in [3.8, 4) is 0 Å². The molecule has 0 radical (unpaired) electrons. The number of piperidine rings is 1. The van der Waals surface area contributed by atoms with Crippen LogP contribution >= 0.6 is 27.0 Å². The van der Waals surface area contributed by atoms with Crippen molar-refractivity contribution in [3.05, 3.63) is 35.6 Å². The van der Waals surface area contributed by atoms with Crippen LogP contribution in [-0.2, 0) is 9.53 Å². The Morgan fingerprint density at radius 3 is 2.55 bits per heavy atom. The smallest absolute Gasteiger partial charge is 0.246 e. The van der Waals surface area contributed by atoms with Crippen molar-refractivity contribution >= 4 is 32.9 Å². The van der Waals surface area contributed by atoms with Crippen LogP contribution in [0.4, 0.5) is 4.39 Å². The van der Waals surface area contributed by atoms with Crippen molar-refractivity contribution in [2.75, 3.05) is 33.4 Å². The summed E-state index contributed by atoms with van der Waals surface area (Å²) in [5.74, 6) is -0.897. The lowest BCUT2D eigenvalue weighted by molar-refractivity contribution is -0.135. The molecule has 1 amide bonds. The van der Waals surface area contributed by atoms with Crippen LogP contribution in [0, 0.1) is 17.7 Å². The molecule has 1 aliphatic rings. The normalized spacial score (nSPS) is 18.4. The lowest BCUT2D eigenvalue weighted by atomic mass is 9.92. The van der Waals surface area contributed by atoms with Gasteiger partial charge in [-0.2, -0.15) is 27.0 Å². The molecule has 0 saturated carbocycles. The highest BCUT2D eigenvalue weighted by Crippen LogP contribution is 2.27. The van der Waals surface area contributed by atoms with Gasteiger partial charge in [0.15, 0.2) is 0 Å². The van der Waals surface area contributed by atoms with E-state index in [2.05, 4.69) is 4.90 Å². The first-order chi connectivity index (χ1) is 12.6. The first-order valence-electron chi connectivity index (χ1n) is 9.12. The maximum absolute atomic E-state index is 13.1. The largest absolute Gasteiger partial charge is 0.396 e. The van der Waals surface area contributed by atoms with Crippen LogP contribution in [0.25, 0.3) is 0 Å². The second kappa shape index (κ2) is 15.9. The molecule has 6 nitrogen and oxygen atoms in total. The Morgan fingerprint density at radius 2 is 2.00 bits per heavy atom. The van der Waals surface area contributed by atoms with Crippen molar-refractivity contribution in [2.45, 2.75) is 39.2 Å². The van der Waals surface area contributed by atoms with Gasteiger partial charge >= 0.3 is 0 Å². The van der Waals surface area contributed by atoms with E-state index in [1.807, 2.05) is 0 Å². The number of hydroxylamine groups is 1. The van der Waals surface area contributed by atoms with Gasteiger partial charge in [0.2, 0.25) is 5.91 Å².